The van der Waals surface area contributed by atoms with Crippen molar-refractivity contribution >= 4 is 34.7 Å². The second-order valence-corrected chi connectivity index (χ2v) is 5.44. The van der Waals surface area contributed by atoms with Crippen LogP contribution in [-0.4, -0.2) is 24.3 Å². The summed E-state index contributed by atoms with van der Waals surface area (Å²) in [7, 11) is 0. The minimum Gasteiger partial charge on any atom is -0.389 e. The highest BCUT2D eigenvalue weighted by Crippen LogP contribution is 2.29. The summed E-state index contributed by atoms with van der Waals surface area (Å²) in [6.07, 6.45) is 4.44. The van der Waals surface area contributed by atoms with Crippen molar-refractivity contribution < 1.29 is 0 Å². The van der Waals surface area contributed by atoms with Crippen LogP contribution in [-0.2, 0) is 0 Å². The van der Waals surface area contributed by atoms with E-state index >= 15 is 0 Å². The maximum atomic E-state index is 5.90. The van der Waals surface area contributed by atoms with Crippen molar-refractivity contribution in [2.45, 2.75) is 31.6 Å². The molecule has 1 aromatic carbocycles. The fourth-order valence-electron chi connectivity index (χ4n) is 2.00. The number of hydrogen-bond donors (Lipinski definition) is 1. The summed E-state index contributed by atoms with van der Waals surface area (Å²) >= 11 is 6.92. The van der Waals surface area contributed by atoms with Crippen molar-refractivity contribution in [1.29, 1.82) is 0 Å². The summed E-state index contributed by atoms with van der Waals surface area (Å²) < 4.78 is 0. The number of nitrogens with two attached hydrogens (primary N) is 1. The van der Waals surface area contributed by atoms with Crippen LogP contribution < -0.4 is 10.6 Å². The third-order valence-corrected chi connectivity index (χ3v) is 3.96. The highest BCUT2D eigenvalue weighted by atomic mass is 32.2. The zero-order chi connectivity index (χ0) is 13.5. The third-order valence-electron chi connectivity index (χ3n) is 2.97. The molecule has 1 aromatic rings. The minimum absolute atomic E-state index is 0.491. The van der Waals surface area contributed by atoms with E-state index in [1.807, 2.05) is 0 Å². The molecule has 2 nitrogen and oxygen atoms in total. The van der Waals surface area contributed by atoms with Crippen molar-refractivity contribution in [3.63, 3.8) is 0 Å². The van der Waals surface area contributed by atoms with Gasteiger partial charge in [-0.2, -0.15) is 0 Å². The average Bonchev–Trinajstić information content (AvgIpc) is 2.38. The van der Waals surface area contributed by atoms with Crippen LogP contribution in [0.1, 0.15) is 32.3 Å². The number of thiocarbonyl (C=S) groups is 1. The number of rotatable bonds is 7. The van der Waals surface area contributed by atoms with Crippen molar-refractivity contribution in [2.75, 3.05) is 24.2 Å². The molecule has 0 aromatic heterocycles. The Morgan fingerprint density at radius 1 is 1.39 bits per heavy atom. The quantitative estimate of drug-likeness (QED) is 0.610. The van der Waals surface area contributed by atoms with Crippen LogP contribution in [0, 0.1) is 0 Å². The summed E-state index contributed by atoms with van der Waals surface area (Å²) in [6.45, 7) is 6.42. The van der Waals surface area contributed by atoms with Crippen LogP contribution in [0.4, 0.5) is 5.69 Å². The van der Waals surface area contributed by atoms with Crippen molar-refractivity contribution in [3.8, 4) is 0 Å². The number of unbranched alkanes of at least 4 members (excludes halogenated alkanes) is 1. The summed E-state index contributed by atoms with van der Waals surface area (Å²) in [5.74, 6) is 0. The molecule has 0 saturated heterocycles. The smallest absolute Gasteiger partial charge is 0.107 e. The Bertz CT molecular complexity index is 405. The van der Waals surface area contributed by atoms with Gasteiger partial charge >= 0.3 is 0 Å². The van der Waals surface area contributed by atoms with Crippen molar-refractivity contribution in [3.05, 3.63) is 23.8 Å². The molecule has 0 unspecified atom stereocenters. The number of anilines is 1. The lowest BCUT2D eigenvalue weighted by molar-refractivity contribution is 0.731. The zero-order valence-electron chi connectivity index (χ0n) is 11.4. The van der Waals surface area contributed by atoms with Gasteiger partial charge in [-0.25, -0.2) is 0 Å². The van der Waals surface area contributed by atoms with Gasteiger partial charge in [0.2, 0.25) is 0 Å². The fraction of sp³-hybridized carbons (Fsp3) is 0.500. The summed E-state index contributed by atoms with van der Waals surface area (Å²) in [4.78, 5) is 4.01. The average molecular weight is 282 g/mol. The van der Waals surface area contributed by atoms with E-state index in [4.69, 9.17) is 18.0 Å². The first-order chi connectivity index (χ1) is 8.65. The molecule has 0 fully saturated rings. The molecule has 1 rings (SSSR count). The predicted octanol–water partition coefficient (Wildman–Crippen LogP) is 3.67. The van der Waals surface area contributed by atoms with Crippen LogP contribution in [0.25, 0.3) is 0 Å². The molecular weight excluding hydrogens is 260 g/mol. The van der Waals surface area contributed by atoms with E-state index in [0.717, 1.165) is 23.5 Å². The van der Waals surface area contributed by atoms with E-state index in [9.17, 15) is 0 Å². The number of thioether (sulfide) groups is 1. The van der Waals surface area contributed by atoms with E-state index in [2.05, 4.69) is 43.2 Å². The highest BCUT2D eigenvalue weighted by molar-refractivity contribution is 7.98. The van der Waals surface area contributed by atoms with Gasteiger partial charge in [0.05, 0.1) is 0 Å². The van der Waals surface area contributed by atoms with Crippen LogP contribution in [0.5, 0.6) is 0 Å². The molecule has 18 heavy (non-hydrogen) atoms. The van der Waals surface area contributed by atoms with E-state index in [1.165, 1.54) is 18.5 Å². The second kappa shape index (κ2) is 7.64. The van der Waals surface area contributed by atoms with Crippen molar-refractivity contribution in [1.82, 2.24) is 0 Å². The largest absolute Gasteiger partial charge is 0.389 e. The van der Waals surface area contributed by atoms with E-state index in [0.29, 0.717) is 4.99 Å². The Morgan fingerprint density at radius 3 is 2.61 bits per heavy atom. The van der Waals surface area contributed by atoms with Gasteiger partial charge < -0.3 is 10.6 Å². The first-order valence-electron chi connectivity index (χ1n) is 6.37. The first kappa shape index (κ1) is 15.3. The monoisotopic (exact) mass is 282 g/mol. The normalized spacial score (nSPS) is 10.4. The number of benzene rings is 1. The van der Waals surface area contributed by atoms with Crippen molar-refractivity contribution in [2.24, 2.45) is 5.73 Å². The maximum absolute atomic E-state index is 5.90. The Morgan fingerprint density at radius 2 is 2.11 bits per heavy atom. The minimum atomic E-state index is 0.491. The Balaban J connectivity index is 3.16. The molecule has 0 amide bonds. The number of nitrogens with zero attached hydrogens (tertiary/aromatic N) is 1. The standard InChI is InChI=1S/C14H22N2S2/c1-4-6-10-16(5-2)11-8-7-9-12(18-3)13(11)14(15)17/h7-9H,4-6,10H2,1-3H3,(H2,15,17). The molecule has 0 aliphatic carbocycles. The topological polar surface area (TPSA) is 29.3 Å². The molecule has 0 radical (unpaired) electrons. The Labute approximate surface area is 120 Å². The van der Waals surface area contributed by atoms with E-state index in [-0.39, 0.29) is 0 Å². The lowest BCUT2D eigenvalue weighted by Crippen LogP contribution is -2.27. The first-order valence-corrected chi connectivity index (χ1v) is 8.00. The molecule has 0 aliphatic rings. The van der Waals surface area contributed by atoms with E-state index in [1.54, 1.807) is 11.8 Å². The Kier molecular flexibility index (Phi) is 6.50. The van der Waals surface area contributed by atoms with Gasteiger partial charge in [-0.05, 0) is 31.7 Å². The van der Waals surface area contributed by atoms with Gasteiger partial charge in [0.1, 0.15) is 4.99 Å². The molecule has 2 N–H and O–H groups in total. The lowest BCUT2D eigenvalue weighted by Gasteiger charge is -2.26. The van der Waals surface area contributed by atoms with Gasteiger partial charge in [0.15, 0.2) is 0 Å². The van der Waals surface area contributed by atoms with Crippen LogP contribution >= 0.6 is 24.0 Å². The molecule has 0 aliphatic heterocycles. The molecule has 0 saturated carbocycles. The van der Waals surface area contributed by atoms with Gasteiger partial charge in [0, 0.05) is 29.2 Å². The number of hydrogen-bond acceptors (Lipinski definition) is 3. The summed E-state index contributed by atoms with van der Waals surface area (Å²) in [5, 5.41) is 0. The van der Waals surface area contributed by atoms with Crippen LogP contribution in [0.2, 0.25) is 0 Å². The van der Waals surface area contributed by atoms with Gasteiger partial charge in [-0.3, -0.25) is 0 Å². The Hall–Kier alpha value is -0.740. The third kappa shape index (κ3) is 3.62. The molecule has 0 atom stereocenters. The molecule has 0 heterocycles. The van der Waals surface area contributed by atoms with E-state index < -0.39 is 0 Å². The van der Waals surface area contributed by atoms with Gasteiger partial charge in [-0.15, -0.1) is 11.8 Å². The summed E-state index contributed by atoms with van der Waals surface area (Å²) in [6, 6.07) is 6.28. The maximum Gasteiger partial charge on any atom is 0.107 e. The molecule has 100 valence electrons. The van der Waals surface area contributed by atoms with Crippen LogP contribution in [0.3, 0.4) is 0 Å². The molecular formula is C14H22N2S2. The summed E-state index contributed by atoms with van der Waals surface area (Å²) in [5.41, 5.74) is 8.10. The lowest BCUT2D eigenvalue weighted by atomic mass is 10.1. The van der Waals surface area contributed by atoms with Gasteiger partial charge in [0.25, 0.3) is 0 Å². The molecule has 4 heteroatoms. The highest BCUT2D eigenvalue weighted by Gasteiger charge is 2.14. The zero-order valence-corrected chi connectivity index (χ0v) is 13.0. The predicted molar refractivity (Wildman–Crippen MR) is 86.9 cm³/mol. The van der Waals surface area contributed by atoms with Gasteiger partial charge in [-0.1, -0.05) is 31.6 Å². The van der Waals surface area contributed by atoms with Crippen LogP contribution in [0.15, 0.2) is 23.1 Å². The second-order valence-electron chi connectivity index (χ2n) is 4.15. The SMILES string of the molecule is CCCCN(CC)c1cccc(SC)c1C(N)=S. The fourth-order valence-corrected chi connectivity index (χ4v) is 2.91. The molecule has 0 spiro atoms. The molecule has 0 bridgehead atoms.